The van der Waals surface area contributed by atoms with Crippen molar-refractivity contribution >= 4 is 22.9 Å². The number of hydrogen-bond acceptors (Lipinski definition) is 6. The number of fused-ring (bicyclic) bond motifs is 1. The number of aromatic nitrogens is 2. The van der Waals surface area contributed by atoms with Gasteiger partial charge in [-0.2, -0.15) is 5.10 Å². The highest BCUT2D eigenvalue weighted by molar-refractivity contribution is 5.96. The Morgan fingerprint density at radius 3 is 2.45 bits per heavy atom. The molecular formula is C33H39N5O4. The van der Waals surface area contributed by atoms with Gasteiger partial charge in [0.05, 0.1) is 24.4 Å². The van der Waals surface area contributed by atoms with E-state index in [1.165, 1.54) is 0 Å². The maximum Gasteiger partial charge on any atom is 0.410 e. The second-order valence-corrected chi connectivity index (χ2v) is 11.7. The van der Waals surface area contributed by atoms with Crippen molar-refractivity contribution in [3.8, 4) is 16.9 Å². The van der Waals surface area contributed by atoms with Gasteiger partial charge in [0.25, 0.3) is 5.91 Å². The number of rotatable bonds is 7. The third-order valence-electron chi connectivity index (χ3n) is 7.48. The third kappa shape index (κ3) is 6.91. The summed E-state index contributed by atoms with van der Waals surface area (Å²) >= 11 is 0. The molecule has 0 spiro atoms. The predicted octanol–water partition coefficient (Wildman–Crippen LogP) is 5.57. The Bertz CT molecular complexity index is 1570. The molecular weight excluding hydrogens is 530 g/mol. The number of carbonyl (C=O) groups is 2. The summed E-state index contributed by atoms with van der Waals surface area (Å²) in [6.45, 7) is 10.7. The minimum atomic E-state index is -0.530. The number of ether oxygens (including phenoxy) is 2. The van der Waals surface area contributed by atoms with E-state index < -0.39 is 5.60 Å². The van der Waals surface area contributed by atoms with E-state index >= 15 is 0 Å². The Labute approximate surface area is 246 Å². The molecule has 1 aliphatic rings. The molecule has 3 aromatic carbocycles. The summed E-state index contributed by atoms with van der Waals surface area (Å²) in [5.41, 5.74) is 4.91. The van der Waals surface area contributed by atoms with Crippen LogP contribution < -0.4 is 10.1 Å². The molecule has 9 heteroatoms. The molecule has 9 nitrogen and oxygen atoms in total. The number of nitrogens with one attached hydrogen (secondary N) is 2. The molecule has 0 aliphatic carbocycles. The SMILES string of the molecule is COc1cccc(C(CN2CCN(C(=O)OC(C)(C)C)CC2)NC(=O)c2cccc(-c3ccc4[nH]nc(C)c4c3)c2)c1. The van der Waals surface area contributed by atoms with Crippen LogP contribution in [0, 0.1) is 6.92 Å². The number of benzene rings is 3. The van der Waals surface area contributed by atoms with Crippen LogP contribution in [-0.4, -0.2) is 77.4 Å². The van der Waals surface area contributed by atoms with E-state index in [1.807, 2.05) is 88.4 Å². The molecule has 1 saturated heterocycles. The number of aryl methyl sites for hydroxylation is 1. The number of H-pyrrole nitrogens is 1. The first kappa shape index (κ1) is 29.1. The van der Waals surface area contributed by atoms with Gasteiger partial charge in [-0.1, -0.05) is 30.3 Å². The van der Waals surface area contributed by atoms with Crippen molar-refractivity contribution in [1.29, 1.82) is 0 Å². The van der Waals surface area contributed by atoms with Gasteiger partial charge in [-0.25, -0.2) is 4.79 Å². The molecule has 42 heavy (non-hydrogen) atoms. The van der Waals surface area contributed by atoms with E-state index in [-0.39, 0.29) is 18.0 Å². The maximum absolute atomic E-state index is 13.7. The van der Waals surface area contributed by atoms with Crippen molar-refractivity contribution in [3.05, 3.63) is 83.6 Å². The Kier molecular flexibility index (Phi) is 8.49. The van der Waals surface area contributed by atoms with Crippen molar-refractivity contribution in [3.63, 3.8) is 0 Å². The zero-order valence-electron chi connectivity index (χ0n) is 24.9. The van der Waals surface area contributed by atoms with Gasteiger partial charge in [0.2, 0.25) is 0 Å². The second-order valence-electron chi connectivity index (χ2n) is 11.7. The number of piperazine rings is 1. The number of aromatic amines is 1. The lowest BCUT2D eigenvalue weighted by atomic mass is 10.00. The molecule has 5 rings (SSSR count). The maximum atomic E-state index is 13.7. The molecule has 2 heterocycles. The molecule has 2 N–H and O–H groups in total. The molecule has 1 fully saturated rings. The van der Waals surface area contributed by atoms with E-state index in [0.29, 0.717) is 38.3 Å². The van der Waals surface area contributed by atoms with Crippen LogP contribution in [-0.2, 0) is 4.74 Å². The smallest absolute Gasteiger partial charge is 0.410 e. The molecule has 220 valence electrons. The Morgan fingerprint density at radius 2 is 1.71 bits per heavy atom. The van der Waals surface area contributed by atoms with Crippen molar-refractivity contribution in [2.45, 2.75) is 39.3 Å². The summed E-state index contributed by atoms with van der Waals surface area (Å²) in [5.74, 6) is 0.575. The zero-order valence-corrected chi connectivity index (χ0v) is 24.9. The van der Waals surface area contributed by atoms with Gasteiger partial charge in [-0.05, 0) is 80.8 Å². The number of amides is 2. The van der Waals surface area contributed by atoms with Crippen LogP contribution in [0.15, 0.2) is 66.7 Å². The van der Waals surface area contributed by atoms with E-state index in [0.717, 1.165) is 39.0 Å². The highest BCUT2D eigenvalue weighted by Gasteiger charge is 2.28. The van der Waals surface area contributed by atoms with Crippen LogP contribution in [0.1, 0.15) is 48.4 Å². The second kappa shape index (κ2) is 12.2. The molecule has 4 aromatic rings. The van der Waals surface area contributed by atoms with Crippen LogP contribution in [0.25, 0.3) is 22.0 Å². The summed E-state index contributed by atoms with van der Waals surface area (Å²) in [6, 6.07) is 21.3. The van der Waals surface area contributed by atoms with Gasteiger partial charge in [0.15, 0.2) is 0 Å². The first-order chi connectivity index (χ1) is 20.1. The number of carbonyl (C=O) groups excluding carboxylic acids is 2. The fraction of sp³-hybridized carbons (Fsp3) is 0.364. The van der Waals surface area contributed by atoms with Gasteiger partial charge in [0, 0.05) is 43.7 Å². The van der Waals surface area contributed by atoms with Gasteiger partial charge in [-0.3, -0.25) is 14.8 Å². The number of hydrogen-bond donors (Lipinski definition) is 2. The molecule has 1 aliphatic heterocycles. The molecule has 0 saturated carbocycles. The monoisotopic (exact) mass is 569 g/mol. The highest BCUT2D eigenvalue weighted by atomic mass is 16.6. The molecule has 1 atom stereocenters. The number of methoxy groups -OCH3 is 1. The van der Waals surface area contributed by atoms with Crippen LogP contribution in [0.4, 0.5) is 4.79 Å². The Hall–Kier alpha value is -4.37. The summed E-state index contributed by atoms with van der Waals surface area (Å²) in [7, 11) is 1.64. The Morgan fingerprint density at radius 1 is 0.976 bits per heavy atom. The zero-order chi connectivity index (χ0) is 29.9. The lowest BCUT2D eigenvalue weighted by Gasteiger charge is -2.37. The lowest BCUT2D eigenvalue weighted by molar-refractivity contribution is 0.0139. The van der Waals surface area contributed by atoms with Gasteiger partial charge >= 0.3 is 6.09 Å². The van der Waals surface area contributed by atoms with E-state index in [2.05, 4.69) is 26.5 Å². The minimum absolute atomic E-state index is 0.155. The van der Waals surface area contributed by atoms with Crippen molar-refractivity contribution in [2.75, 3.05) is 39.8 Å². The molecule has 1 unspecified atom stereocenters. The molecule has 2 amide bonds. The fourth-order valence-electron chi connectivity index (χ4n) is 5.20. The largest absolute Gasteiger partial charge is 0.497 e. The van der Waals surface area contributed by atoms with Crippen molar-refractivity contribution < 1.29 is 19.1 Å². The highest BCUT2D eigenvalue weighted by Crippen LogP contribution is 2.27. The average molecular weight is 570 g/mol. The quantitative estimate of drug-likeness (QED) is 0.302. The van der Waals surface area contributed by atoms with Crippen molar-refractivity contribution in [1.82, 2.24) is 25.3 Å². The lowest BCUT2D eigenvalue weighted by Crippen LogP contribution is -2.51. The summed E-state index contributed by atoms with van der Waals surface area (Å²) in [6.07, 6.45) is -0.290. The van der Waals surface area contributed by atoms with Gasteiger partial charge < -0.3 is 19.7 Å². The average Bonchev–Trinajstić information content (AvgIpc) is 3.36. The van der Waals surface area contributed by atoms with Gasteiger partial charge in [-0.15, -0.1) is 0 Å². The van der Waals surface area contributed by atoms with Crippen LogP contribution in [0.2, 0.25) is 0 Å². The normalized spacial score (nSPS) is 14.9. The summed E-state index contributed by atoms with van der Waals surface area (Å²) in [4.78, 5) is 30.2. The van der Waals surface area contributed by atoms with Crippen LogP contribution in [0.3, 0.4) is 0 Å². The molecule has 1 aromatic heterocycles. The Balaban J connectivity index is 1.32. The van der Waals surface area contributed by atoms with Crippen LogP contribution in [0.5, 0.6) is 5.75 Å². The topological polar surface area (TPSA) is 99.8 Å². The van der Waals surface area contributed by atoms with Crippen LogP contribution >= 0.6 is 0 Å². The molecule has 0 bridgehead atoms. The van der Waals surface area contributed by atoms with Gasteiger partial charge in [0.1, 0.15) is 11.4 Å². The van der Waals surface area contributed by atoms with E-state index in [4.69, 9.17) is 9.47 Å². The first-order valence-corrected chi connectivity index (χ1v) is 14.3. The summed E-state index contributed by atoms with van der Waals surface area (Å²) in [5, 5.41) is 11.7. The predicted molar refractivity (Wildman–Crippen MR) is 164 cm³/mol. The standard InChI is InChI=1S/C33H39N5O4/c1-22-28-20-24(12-13-29(28)36-35-22)23-8-6-10-26(18-23)31(39)34-30(25-9-7-11-27(19-25)41-5)21-37-14-16-38(17-15-37)32(40)42-33(2,3)4/h6-13,18-20,30H,14-17,21H2,1-5H3,(H,34,39)(H,35,36). The number of nitrogens with zero attached hydrogens (tertiary/aromatic N) is 3. The minimum Gasteiger partial charge on any atom is -0.497 e. The van der Waals surface area contributed by atoms with E-state index in [9.17, 15) is 9.59 Å². The summed E-state index contributed by atoms with van der Waals surface area (Å²) < 4.78 is 11.0. The fourth-order valence-corrected chi connectivity index (χ4v) is 5.20. The van der Waals surface area contributed by atoms with E-state index in [1.54, 1.807) is 12.0 Å². The third-order valence-corrected chi connectivity index (χ3v) is 7.48. The first-order valence-electron chi connectivity index (χ1n) is 14.3. The molecule has 0 radical (unpaired) electrons. The van der Waals surface area contributed by atoms with Crippen molar-refractivity contribution in [2.24, 2.45) is 0 Å².